The third-order valence-electron chi connectivity index (χ3n) is 2.68. The minimum Gasteiger partial charge on any atom is -0.370 e. The quantitative estimate of drug-likeness (QED) is 0.550. The van der Waals surface area contributed by atoms with E-state index in [2.05, 4.69) is 5.32 Å². The van der Waals surface area contributed by atoms with Crippen LogP contribution in [0.2, 0.25) is 0 Å². The van der Waals surface area contributed by atoms with E-state index in [-0.39, 0.29) is 6.42 Å². The summed E-state index contributed by atoms with van der Waals surface area (Å²) in [5, 5.41) is 3.05. The molecule has 14 heavy (non-hydrogen) atoms. The van der Waals surface area contributed by atoms with Crippen LogP contribution < -0.4 is 11.1 Å². The zero-order valence-corrected chi connectivity index (χ0v) is 7.66. The molecule has 0 saturated heterocycles. The zero-order chi connectivity index (χ0) is 10.3. The fourth-order valence-electron chi connectivity index (χ4n) is 1.70. The summed E-state index contributed by atoms with van der Waals surface area (Å²) in [4.78, 5) is 32.9. The molecule has 0 heterocycles. The maximum atomic E-state index is 11.2. The molecule has 1 amide bonds. The smallest absolute Gasteiger partial charge is 0.218 e. The van der Waals surface area contributed by atoms with Gasteiger partial charge in [-0.15, -0.1) is 0 Å². The Hall–Kier alpha value is -1.23. The number of carbonyl (C=O) groups is 3. The van der Waals surface area contributed by atoms with Crippen molar-refractivity contribution in [2.24, 2.45) is 11.7 Å². The van der Waals surface area contributed by atoms with Crippen LogP contribution in [0.25, 0.3) is 0 Å². The highest BCUT2D eigenvalue weighted by Gasteiger charge is 2.50. The van der Waals surface area contributed by atoms with Gasteiger partial charge in [0.05, 0.1) is 12.0 Å². The van der Waals surface area contributed by atoms with Crippen LogP contribution in [0, 0.1) is 5.92 Å². The van der Waals surface area contributed by atoms with Crippen LogP contribution in [0.15, 0.2) is 0 Å². The van der Waals surface area contributed by atoms with Gasteiger partial charge in [-0.05, 0) is 12.8 Å². The van der Waals surface area contributed by atoms with Crippen molar-refractivity contribution in [3.8, 4) is 0 Å². The number of rotatable bonds is 4. The SMILES string of the molecule is NC(=O)C[C@H]1C(=O)C(=O)C1NC1CC1. The van der Waals surface area contributed by atoms with E-state index in [4.69, 9.17) is 5.73 Å². The second-order valence-corrected chi connectivity index (χ2v) is 3.92. The summed E-state index contributed by atoms with van der Waals surface area (Å²) >= 11 is 0. The van der Waals surface area contributed by atoms with Gasteiger partial charge in [-0.2, -0.15) is 0 Å². The second-order valence-electron chi connectivity index (χ2n) is 3.92. The first kappa shape index (κ1) is 9.33. The van der Waals surface area contributed by atoms with Gasteiger partial charge >= 0.3 is 0 Å². The lowest BCUT2D eigenvalue weighted by molar-refractivity contribution is -0.151. The summed E-state index contributed by atoms with van der Waals surface area (Å²) in [6, 6.07) is -0.102. The number of Topliss-reactive ketones (excluding diaryl/α,β-unsaturated/α-hetero) is 2. The van der Waals surface area contributed by atoms with Crippen LogP contribution >= 0.6 is 0 Å². The van der Waals surface area contributed by atoms with Gasteiger partial charge in [-0.25, -0.2) is 0 Å². The Labute approximate surface area is 81.0 Å². The molecule has 0 spiro atoms. The molecule has 5 nitrogen and oxygen atoms in total. The van der Waals surface area contributed by atoms with Gasteiger partial charge in [-0.1, -0.05) is 0 Å². The van der Waals surface area contributed by atoms with E-state index in [9.17, 15) is 14.4 Å². The molecule has 0 aromatic heterocycles. The van der Waals surface area contributed by atoms with Crippen LogP contribution in [-0.2, 0) is 14.4 Å². The Kier molecular flexibility index (Phi) is 2.11. The minimum atomic E-state index is -0.529. The highest BCUT2D eigenvalue weighted by atomic mass is 16.2. The van der Waals surface area contributed by atoms with E-state index in [0.29, 0.717) is 6.04 Å². The molecular weight excluding hydrogens is 184 g/mol. The molecule has 0 aliphatic heterocycles. The Morgan fingerprint density at radius 3 is 2.50 bits per heavy atom. The highest BCUT2D eigenvalue weighted by molar-refractivity contribution is 6.47. The number of amides is 1. The molecule has 0 bridgehead atoms. The number of hydrogen-bond donors (Lipinski definition) is 2. The van der Waals surface area contributed by atoms with Crippen LogP contribution in [0.5, 0.6) is 0 Å². The fourth-order valence-corrected chi connectivity index (χ4v) is 1.70. The summed E-state index contributed by atoms with van der Waals surface area (Å²) in [7, 11) is 0. The highest BCUT2D eigenvalue weighted by Crippen LogP contribution is 2.28. The van der Waals surface area contributed by atoms with Crippen molar-refractivity contribution in [1.82, 2.24) is 5.32 Å². The van der Waals surface area contributed by atoms with E-state index in [0.717, 1.165) is 12.8 Å². The van der Waals surface area contributed by atoms with Gasteiger partial charge in [-0.3, -0.25) is 14.4 Å². The van der Waals surface area contributed by atoms with E-state index in [1.54, 1.807) is 0 Å². The molecule has 1 unspecified atom stereocenters. The number of carbonyl (C=O) groups excluding carboxylic acids is 3. The lowest BCUT2D eigenvalue weighted by Crippen LogP contribution is -2.61. The molecule has 2 rings (SSSR count). The lowest BCUT2D eigenvalue weighted by atomic mass is 9.74. The van der Waals surface area contributed by atoms with Gasteiger partial charge in [0.15, 0.2) is 0 Å². The Morgan fingerprint density at radius 2 is 2.00 bits per heavy atom. The molecule has 0 radical (unpaired) electrons. The number of nitrogens with one attached hydrogen (secondary N) is 1. The number of primary amides is 1. The van der Waals surface area contributed by atoms with Gasteiger partial charge in [0.2, 0.25) is 17.5 Å². The van der Waals surface area contributed by atoms with Gasteiger partial charge < -0.3 is 11.1 Å². The summed E-state index contributed by atoms with van der Waals surface area (Å²) < 4.78 is 0. The fraction of sp³-hybridized carbons (Fsp3) is 0.667. The number of ketones is 2. The third-order valence-corrected chi connectivity index (χ3v) is 2.68. The van der Waals surface area contributed by atoms with Crippen molar-refractivity contribution >= 4 is 17.5 Å². The van der Waals surface area contributed by atoms with Crippen LogP contribution in [0.3, 0.4) is 0 Å². The molecule has 2 aliphatic rings. The maximum Gasteiger partial charge on any atom is 0.218 e. The van der Waals surface area contributed by atoms with Crippen molar-refractivity contribution in [1.29, 1.82) is 0 Å². The maximum absolute atomic E-state index is 11.2. The van der Waals surface area contributed by atoms with Crippen molar-refractivity contribution in [3.63, 3.8) is 0 Å². The summed E-state index contributed by atoms with van der Waals surface area (Å²) in [5.74, 6) is -1.90. The normalized spacial score (nSPS) is 31.4. The summed E-state index contributed by atoms with van der Waals surface area (Å²) in [5.41, 5.74) is 4.99. The first-order valence-electron chi connectivity index (χ1n) is 4.72. The minimum absolute atomic E-state index is 0.0189. The molecule has 2 saturated carbocycles. The van der Waals surface area contributed by atoms with Crippen molar-refractivity contribution in [2.45, 2.75) is 31.3 Å². The van der Waals surface area contributed by atoms with E-state index >= 15 is 0 Å². The summed E-state index contributed by atoms with van der Waals surface area (Å²) in [6.45, 7) is 0. The molecule has 76 valence electrons. The van der Waals surface area contributed by atoms with Crippen LogP contribution in [0.1, 0.15) is 19.3 Å². The molecule has 2 atom stereocenters. The Morgan fingerprint density at radius 1 is 1.36 bits per heavy atom. The summed E-state index contributed by atoms with van der Waals surface area (Å²) in [6.07, 6.45) is 2.07. The van der Waals surface area contributed by atoms with Gasteiger partial charge in [0.25, 0.3) is 0 Å². The topological polar surface area (TPSA) is 89.3 Å². The zero-order valence-electron chi connectivity index (χ0n) is 7.66. The van der Waals surface area contributed by atoms with E-state index < -0.39 is 29.4 Å². The number of nitrogens with two attached hydrogens (primary N) is 1. The standard InChI is InChI=1S/C9H12N2O3/c10-6(12)3-5-7(9(14)8(5)13)11-4-1-2-4/h4-5,7,11H,1-3H2,(H2,10,12)/t5-,7?/m1/s1. The van der Waals surface area contributed by atoms with E-state index in [1.807, 2.05) is 0 Å². The average Bonchev–Trinajstić information content (AvgIpc) is 2.93. The number of hydrogen-bond acceptors (Lipinski definition) is 4. The third kappa shape index (κ3) is 1.55. The van der Waals surface area contributed by atoms with Crippen LogP contribution in [0.4, 0.5) is 0 Å². The largest absolute Gasteiger partial charge is 0.370 e. The van der Waals surface area contributed by atoms with Crippen LogP contribution in [-0.4, -0.2) is 29.6 Å². The first-order valence-corrected chi connectivity index (χ1v) is 4.72. The van der Waals surface area contributed by atoms with Gasteiger partial charge in [0.1, 0.15) is 0 Å². The first-order chi connectivity index (χ1) is 6.59. The van der Waals surface area contributed by atoms with E-state index in [1.165, 1.54) is 0 Å². The Bertz CT molecular complexity index is 309. The predicted octanol–water partition coefficient (Wildman–Crippen LogP) is -1.25. The molecule has 3 N–H and O–H groups in total. The lowest BCUT2D eigenvalue weighted by Gasteiger charge is -2.33. The van der Waals surface area contributed by atoms with Gasteiger partial charge in [0, 0.05) is 12.5 Å². The second kappa shape index (κ2) is 3.16. The Balaban J connectivity index is 1.95. The molecular formula is C9H12N2O3. The average molecular weight is 196 g/mol. The van der Waals surface area contributed by atoms with Crippen molar-refractivity contribution in [3.05, 3.63) is 0 Å². The molecule has 2 fully saturated rings. The van der Waals surface area contributed by atoms with Crippen molar-refractivity contribution in [2.75, 3.05) is 0 Å². The molecule has 0 aromatic rings. The van der Waals surface area contributed by atoms with Crippen molar-refractivity contribution < 1.29 is 14.4 Å². The molecule has 2 aliphatic carbocycles. The molecule has 5 heteroatoms. The predicted molar refractivity (Wildman–Crippen MR) is 47.3 cm³/mol. The molecule has 0 aromatic carbocycles. The monoisotopic (exact) mass is 196 g/mol.